The van der Waals surface area contributed by atoms with Gasteiger partial charge in [0.25, 0.3) is 0 Å². The van der Waals surface area contributed by atoms with Gasteiger partial charge >= 0.3 is 0 Å². The van der Waals surface area contributed by atoms with Gasteiger partial charge in [-0.15, -0.1) is 0 Å². The van der Waals surface area contributed by atoms with Gasteiger partial charge in [0.05, 0.1) is 10.4 Å². The van der Waals surface area contributed by atoms with Crippen LogP contribution in [0.15, 0.2) is 96.0 Å². The Morgan fingerprint density at radius 1 is 1.00 bits per heavy atom. The van der Waals surface area contributed by atoms with Crippen LogP contribution in [0.2, 0.25) is 0 Å². The Labute approximate surface area is 205 Å². The van der Waals surface area contributed by atoms with Crippen molar-refractivity contribution in [3.05, 3.63) is 102 Å². The SMILES string of the molecule is CN1CC(N(C)Cc2ccccc2)C1.O=Cc1ccc(NSc2cccc3cccnc23)cc1. The van der Waals surface area contributed by atoms with E-state index >= 15 is 0 Å². The van der Waals surface area contributed by atoms with Gasteiger partial charge in [0.2, 0.25) is 0 Å². The Hall–Kier alpha value is -3.19. The first kappa shape index (κ1) is 24.0. The molecule has 1 aliphatic heterocycles. The smallest absolute Gasteiger partial charge is 0.150 e. The molecule has 1 aliphatic rings. The lowest BCUT2D eigenvalue weighted by Gasteiger charge is -2.42. The van der Waals surface area contributed by atoms with Gasteiger partial charge < -0.3 is 9.62 Å². The number of nitrogens with one attached hydrogen (secondary N) is 1. The van der Waals surface area contributed by atoms with Gasteiger partial charge in [-0.05, 0) is 68.0 Å². The first-order chi connectivity index (χ1) is 16.6. The number of rotatable bonds is 7. The minimum Gasteiger partial charge on any atom is -0.326 e. The van der Waals surface area contributed by atoms with Crippen molar-refractivity contribution in [2.45, 2.75) is 17.5 Å². The van der Waals surface area contributed by atoms with Crippen LogP contribution in [0, 0.1) is 0 Å². The number of aromatic nitrogens is 1. The van der Waals surface area contributed by atoms with E-state index in [1.807, 2.05) is 42.5 Å². The summed E-state index contributed by atoms with van der Waals surface area (Å²) >= 11 is 1.52. The molecule has 5 nitrogen and oxygen atoms in total. The molecule has 34 heavy (non-hydrogen) atoms. The third-order valence-corrected chi connectivity index (χ3v) is 6.75. The standard InChI is InChI=1S/C16H12N2OS.C12H18N2/c19-11-12-6-8-14(9-7-12)18-20-15-5-1-3-13-4-2-10-17-16(13)15;1-13-9-12(10-13)14(2)8-11-6-4-3-5-7-11/h1-11,18H;3-7,12H,8-10H2,1-2H3. The number of fused-ring (bicyclic) bond motifs is 1. The molecule has 2 heterocycles. The van der Waals surface area contributed by atoms with Gasteiger partial charge in [-0.3, -0.25) is 14.7 Å². The second-order valence-corrected chi connectivity index (χ2v) is 9.40. The second-order valence-electron chi connectivity index (χ2n) is 8.55. The lowest BCUT2D eigenvalue weighted by molar-refractivity contribution is 0.0659. The summed E-state index contributed by atoms with van der Waals surface area (Å²) < 4.78 is 3.27. The number of likely N-dealkylation sites (tertiary alicyclic amines) is 1. The Kier molecular flexibility index (Phi) is 8.31. The third-order valence-electron chi connectivity index (χ3n) is 5.86. The fourth-order valence-electron chi connectivity index (χ4n) is 3.85. The van der Waals surface area contributed by atoms with Crippen molar-refractivity contribution >= 4 is 34.8 Å². The lowest BCUT2D eigenvalue weighted by Crippen LogP contribution is -2.56. The number of anilines is 1. The summed E-state index contributed by atoms with van der Waals surface area (Å²) in [4.78, 5) is 20.9. The fourth-order valence-corrected chi connectivity index (χ4v) is 4.63. The first-order valence-electron chi connectivity index (χ1n) is 11.4. The number of aldehydes is 1. The molecule has 1 fully saturated rings. The molecular formula is C28H30N4OS. The predicted molar refractivity (Wildman–Crippen MR) is 142 cm³/mol. The van der Waals surface area contributed by atoms with Crippen molar-refractivity contribution in [1.82, 2.24) is 14.8 Å². The van der Waals surface area contributed by atoms with E-state index in [1.54, 1.807) is 18.3 Å². The minimum absolute atomic E-state index is 0.673. The topological polar surface area (TPSA) is 48.5 Å². The molecule has 0 aliphatic carbocycles. The molecule has 0 saturated carbocycles. The number of carbonyl (C=O) groups excluding carboxylic acids is 1. The largest absolute Gasteiger partial charge is 0.326 e. The van der Waals surface area contributed by atoms with E-state index in [4.69, 9.17) is 0 Å². The monoisotopic (exact) mass is 470 g/mol. The molecule has 0 atom stereocenters. The molecule has 6 heteroatoms. The van der Waals surface area contributed by atoms with Crippen LogP contribution in [0.1, 0.15) is 15.9 Å². The van der Waals surface area contributed by atoms with Gasteiger partial charge in [-0.2, -0.15) is 0 Å². The predicted octanol–water partition coefficient (Wildman–Crippen LogP) is 5.60. The highest BCUT2D eigenvalue weighted by Gasteiger charge is 2.26. The van der Waals surface area contributed by atoms with Gasteiger partial charge in [0.15, 0.2) is 0 Å². The van der Waals surface area contributed by atoms with Crippen LogP contribution in [0.5, 0.6) is 0 Å². The number of carbonyl (C=O) groups is 1. The molecular weight excluding hydrogens is 440 g/mol. The molecule has 1 saturated heterocycles. The maximum Gasteiger partial charge on any atom is 0.150 e. The average Bonchev–Trinajstić information content (AvgIpc) is 2.87. The Balaban J connectivity index is 0.000000172. The highest BCUT2D eigenvalue weighted by atomic mass is 32.2. The maximum atomic E-state index is 10.6. The molecule has 1 aromatic heterocycles. The molecule has 0 unspecified atom stereocenters. The van der Waals surface area contributed by atoms with E-state index in [2.05, 4.69) is 63.9 Å². The summed E-state index contributed by atoms with van der Waals surface area (Å²) in [6, 6.07) is 28.8. The summed E-state index contributed by atoms with van der Waals surface area (Å²) in [5, 5.41) is 1.12. The van der Waals surface area contributed by atoms with Crippen LogP contribution < -0.4 is 4.72 Å². The number of hydrogen-bond acceptors (Lipinski definition) is 6. The van der Waals surface area contributed by atoms with Gasteiger partial charge in [-0.25, -0.2) is 0 Å². The molecule has 174 valence electrons. The zero-order valence-electron chi connectivity index (χ0n) is 19.6. The Morgan fingerprint density at radius 2 is 1.74 bits per heavy atom. The van der Waals surface area contributed by atoms with Crippen LogP contribution in [-0.2, 0) is 6.54 Å². The Bertz CT molecular complexity index is 1190. The number of pyridine rings is 1. The van der Waals surface area contributed by atoms with Gasteiger partial charge in [0, 0.05) is 48.5 Å². The number of hydrogen-bond donors (Lipinski definition) is 1. The summed E-state index contributed by atoms with van der Waals surface area (Å²) in [5.41, 5.74) is 4.02. The van der Waals surface area contributed by atoms with Gasteiger partial charge in [0.1, 0.15) is 6.29 Å². The van der Waals surface area contributed by atoms with Crippen LogP contribution >= 0.6 is 11.9 Å². The molecule has 5 rings (SSSR count). The van der Waals surface area contributed by atoms with E-state index in [9.17, 15) is 4.79 Å². The fraction of sp³-hybridized carbons (Fsp3) is 0.214. The zero-order valence-corrected chi connectivity index (χ0v) is 20.4. The van der Waals surface area contributed by atoms with Crippen LogP contribution in [0.4, 0.5) is 5.69 Å². The summed E-state index contributed by atoms with van der Waals surface area (Å²) in [7, 11) is 4.39. The molecule has 0 spiro atoms. The normalized spacial score (nSPS) is 13.7. The highest BCUT2D eigenvalue weighted by molar-refractivity contribution is 8.00. The molecule has 1 N–H and O–H groups in total. The summed E-state index contributed by atoms with van der Waals surface area (Å²) in [5.74, 6) is 0. The molecule has 4 aromatic rings. The van der Waals surface area contributed by atoms with E-state index in [-0.39, 0.29) is 0 Å². The zero-order chi connectivity index (χ0) is 23.8. The van der Waals surface area contributed by atoms with E-state index in [0.717, 1.165) is 40.4 Å². The maximum absolute atomic E-state index is 10.6. The van der Waals surface area contributed by atoms with Crippen molar-refractivity contribution in [1.29, 1.82) is 0 Å². The second kappa shape index (κ2) is 11.8. The lowest BCUT2D eigenvalue weighted by atomic mass is 10.1. The Morgan fingerprint density at radius 3 is 2.44 bits per heavy atom. The van der Waals surface area contributed by atoms with E-state index in [0.29, 0.717) is 5.56 Å². The van der Waals surface area contributed by atoms with Crippen LogP contribution in [0.3, 0.4) is 0 Å². The van der Waals surface area contributed by atoms with Crippen molar-refractivity contribution in [2.75, 3.05) is 31.9 Å². The van der Waals surface area contributed by atoms with Crippen molar-refractivity contribution in [3.63, 3.8) is 0 Å². The first-order valence-corrected chi connectivity index (χ1v) is 12.2. The van der Waals surface area contributed by atoms with Crippen LogP contribution in [-0.4, -0.2) is 54.3 Å². The highest BCUT2D eigenvalue weighted by Crippen LogP contribution is 2.27. The van der Waals surface area contributed by atoms with E-state index in [1.165, 1.54) is 30.6 Å². The number of likely N-dealkylation sites (N-methyl/N-ethyl adjacent to an activating group) is 2. The minimum atomic E-state index is 0.673. The molecule has 0 amide bonds. The number of para-hydroxylation sites is 1. The summed E-state index contributed by atoms with van der Waals surface area (Å²) in [6.07, 6.45) is 2.64. The van der Waals surface area contributed by atoms with Crippen molar-refractivity contribution < 1.29 is 4.79 Å². The number of benzene rings is 3. The van der Waals surface area contributed by atoms with E-state index < -0.39 is 0 Å². The molecule has 0 bridgehead atoms. The van der Waals surface area contributed by atoms with Crippen LogP contribution in [0.25, 0.3) is 10.9 Å². The van der Waals surface area contributed by atoms with Gasteiger partial charge in [-0.1, -0.05) is 48.5 Å². The average molecular weight is 471 g/mol. The quantitative estimate of drug-likeness (QED) is 0.280. The van der Waals surface area contributed by atoms with Crippen molar-refractivity contribution in [3.8, 4) is 0 Å². The molecule has 3 aromatic carbocycles. The number of nitrogens with zero attached hydrogens (tertiary/aromatic N) is 3. The molecule has 0 radical (unpaired) electrons. The summed E-state index contributed by atoms with van der Waals surface area (Å²) in [6.45, 7) is 3.49. The third kappa shape index (κ3) is 6.44. The van der Waals surface area contributed by atoms with Crippen molar-refractivity contribution in [2.24, 2.45) is 0 Å².